The van der Waals surface area contributed by atoms with Crippen molar-refractivity contribution in [2.45, 2.75) is 19.4 Å². The largest absolute Gasteiger partial charge is 0.310 e. The van der Waals surface area contributed by atoms with Crippen molar-refractivity contribution in [3.63, 3.8) is 0 Å². The number of hydrogen-bond acceptors (Lipinski definition) is 2. The number of carbonyl (C=O) groups excluding carboxylic acids is 1. The summed E-state index contributed by atoms with van der Waals surface area (Å²) in [4.78, 5) is 11.5. The van der Waals surface area contributed by atoms with Crippen LogP contribution in [0.1, 0.15) is 29.7 Å². The van der Waals surface area contributed by atoms with Crippen molar-refractivity contribution in [3.05, 3.63) is 36.0 Å². The lowest BCUT2D eigenvalue weighted by Gasteiger charge is -2.27. The molecule has 1 aromatic heterocycles. The number of nitrogens with zero attached hydrogens (tertiary/aromatic N) is 1. The highest BCUT2D eigenvalue weighted by Gasteiger charge is 2.23. The van der Waals surface area contributed by atoms with Crippen LogP contribution in [0.4, 0.5) is 0 Å². The number of rotatable bonds is 1. The van der Waals surface area contributed by atoms with Crippen LogP contribution < -0.4 is 5.32 Å². The number of para-hydroxylation sites is 1. The molecule has 2 aromatic rings. The van der Waals surface area contributed by atoms with Crippen LogP contribution in [-0.4, -0.2) is 17.0 Å². The highest BCUT2D eigenvalue weighted by Crippen LogP contribution is 2.31. The van der Waals surface area contributed by atoms with E-state index in [1.165, 1.54) is 10.9 Å². The standard InChI is InChI=1S/C13H14N2O/c1-9(16)15-8-11(12-6-7-14-12)10-4-2-3-5-13(10)15/h2-5,8,12,14H,6-7H2,1H3. The topological polar surface area (TPSA) is 34.0 Å². The van der Waals surface area contributed by atoms with Crippen LogP contribution >= 0.6 is 0 Å². The Morgan fingerprint density at radius 1 is 1.44 bits per heavy atom. The fraction of sp³-hybridized carbons (Fsp3) is 0.308. The molecule has 0 aliphatic carbocycles. The quantitative estimate of drug-likeness (QED) is 0.790. The van der Waals surface area contributed by atoms with Gasteiger partial charge in [0.25, 0.3) is 0 Å². The summed E-state index contributed by atoms with van der Waals surface area (Å²) < 4.78 is 1.74. The van der Waals surface area contributed by atoms with E-state index in [2.05, 4.69) is 11.4 Å². The van der Waals surface area contributed by atoms with Crippen LogP contribution in [0.15, 0.2) is 30.5 Å². The molecule has 0 bridgehead atoms. The smallest absolute Gasteiger partial charge is 0.227 e. The maximum Gasteiger partial charge on any atom is 0.227 e. The molecule has 2 heterocycles. The van der Waals surface area contributed by atoms with Gasteiger partial charge in [0.1, 0.15) is 0 Å². The molecule has 0 spiro atoms. The Hall–Kier alpha value is -1.61. The van der Waals surface area contributed by atoms with Crippen molar-refractivity contribution in [1.82, 2.24) is 9.88 Å². The maximum absolute atomic E-state index is 11.5. The monoisotopic (exact) mass is 214 g/mol. The van der Waals surface area contributed by atoms with Crippen LogP contribution in [-0.2, 0) is 0 Å². The first-order valence-corrected chi connectivity index (χ1v) is 5.61. The summed E-state index contributed by atoms with van der Waals surface area (Å²) in [5.41, 5.74) is 2.26. The molecule has 1 fully saturated rings. The minimum Gasteiger partial charge on any atom is -0.310 e. The molecule has 0 saturated carbocycles. The van der Waals surface area contributed by atoms with E-state index in [0.717, 1.165) is 18.5 Å². The molecule has 3 heteroatoms. The maximum atomic E-state index is 11.5. The van der Waals surface area contributed by atoms with Gasteiger partial charge in [-0.3, -0.25) is 9.36 Å². The number of nitrogens with one attached hydrogen (secondary N) is 1. The lowest BCUT2D eigenvalue weighted by atomic mass is 9.98. The lowest BCUT2D eigenvalue weighted by molar-refractivity contribution is 0.0941. The molecule has 1 saturated heterocycles. The highest BCUT2D eigenvalue weighted by atomic mass is 16.1. The zero-order valence-electron chi connectivity index (χ0n) is 9.23. The number of fused-ring (bicyclic) bond motifs is 1. The van der Waals surface area contributed by atoms with E-state index in [1.54, 1.807) is 11.5 Å². The minimum atomic E-state index is 0.0711. The van der Waals surface area contributed by atoms with Crippen LogP contribution in [0, 0.1) is 0 Å². The van der Waals surface area contributed by atoms with Crippen molar-refractivity contribution in [2.24, 2.45) is 0 Å². The van der Waals surface area contributed by atoms with Crippen molar-refractivity contribution in [3.8, 4) is 0 Å². The van der Waals surface area contributed by atoms with Crippen molar-refractivity contribution < 1.29 is 4.79 Å². The molecule has 1 aliphatic rings. The van der Waals surface area contributed by atoms with Gasteiger partial charge >= 0.3 is 0 Å². The number of benzene rings is 1. The molecule has 1 N–H and O–H groups in total. The Kier molecular flexibility index (Phi) is 2.07. The molecule has 1 aromatic carbocycles. The van der Waals surface area contributed by atoms with Gasteiger partial charge in [-0.2, -0.15) is 0 Å². The van der Waals surface area contributed by atoms with Gasteiger partial charge in [-0.15, -0.1) is 0 Å². The Labute approximate surface area is 94.1 Å². The van der Waals surface area contributed by atoms with E-state index < -0.39 is 0 Å². The number of carbonyl (C=O) groups is 1. The summed E-state index contributed by atoms with van der Waals surface area (Å²) in [5, 5.41) is 4.57. The van der Waals surface area contributed by atoms with Crippen LogP contribution in [0.5, 0.6) is 0 Å². The van der Waals surface area contributed by atoms with E-state index in [4.69, 9.17) is 0 Å². The third kappa shape index (κ3) is 1.28. The fourth-order valence-electron chi connectivity index (χ4n) is 2.30. The summed E-state index contributed by atoms with van der Waals surface area (Å²) in [7, 11) is 0. The summed E-state index contributed by atoms with van der Waals surface area (Å²) in [6.45, 7) is 2.68. The van der Waals surface area contributed by atoms with Gasteiger partial charge in [0.15, 0.2) is 0 Å². The highest BCUT2D eigenvalue weighted by molar-refractivity contribution is 5.93. The van der Waals surface area contributed by atoms with Gasteiger partial charge in [0.2, 0.25) is 5.91 Å². The molecule has 16 heavy (non-hydrogen) atoms. The Morgan fingerprint density at radius 3 is 2.81 bits per heavy atom. The third-order valence-electron chi connectivity index (χ3n) is 3.28. The second kappa shape index (κ2) is 3.46. The molecule has 3 rings (SSSR count). The van der Waals surface area contributed by atoms with Gasteiger partial charge in [-0.05, 0) is 24.6 Å². The Bertz CT molecular complexity index is 552. The van der Waals surface area contributed by atoms with Crippen molar-refractivity contribution in [2.75, 3.05) is 6.54 Å². The van der Waals surface area contributed by atoms with Gasteiger partial charge in [-0.1, -0.05) is 18.2 Å². The first kappa shape index (κ1) is 9.60. The Morgan fingerprint density at radius 2 is 2.19 bits per heavy atom. The molecule has 1 atom stereocenters. The molecule has 0 amide bonds. The van der Waals surface area contributed by atoms with Gasteiger partial charge in [-0.25, -0.2) is 0 Å². The van der Waals surface area contributed by atoms with E-state index in [-0.39, 0.29) is 5.91 Å². The zero-order chi connectivity index (χ0) is 11.1. The van der Waals surface area contributed by atoms with E-state index in [9.17, 15) is 4.79 Å². The third-order valence-corrected chi connectivity index (χ3v) is 3.28. The van der Waals surface area contributed by atoms with E-state index in [1.807, 2.05) is 24.4 Å². The molecular weight excluding hydrogens is 200 g/mol. The second-order valence-corrected chi connectivity index (χ2v) is 4.29. The van der Waals surface area contributed by atoms with E-state index >= 15 is 0 Å². The second-order valence-electron chi connectivity index (χ2n) is 4.29. The van der Waals surface area contributed by atoms with Gasteiger partial charge in [0.05, 0.1) is 5.52 Å². The summed E-state index contributed by atoms with van der Waals surface area (Å²) in [5.74, 6) is 0.0711. The van der Waals surface area contributed by atoms with Crippen molar-refractivity contribution >= 4 is 16.8 Å². The first-order chi connectivity index (χ1) is 7.77. The molecule has 3 nitrogen and oxygen atoms in total. The first-order valence-electron chi connectivity index (χ1n) is 5.61. The fourth-order valence-corrected chi connectivity index (χ4v) is 2.30. The summed E-state index contributed by atoms with van der Waals surface area (Å²) in [6.07, 6.45) is 3.13. The molecule has 1 unspecified atom stereocenters. The summed E-state index contributed by atoms with van der Waals surface area (Å²) >= 11 is 0. The summed E-state index contributed by atoms with van der Waals surface area (Å²) in [6, 6.07) is 8.50. The van der Waals surface area contributed by atoms with Gasteiger partial charge < -0.3 is 5.32 Å². The van der Waals surface area contributed by atoms with Crippen LogP contribution in [0.25, 0.3) is 10.9 Å². The minimum absolute atomic E-state index is 0.0711. The molecule has 1 aliphatic heterocycles. The van der Waals surface area contributed by atoms with Crippen molar-refractivity contribution in [1.29, 1.82) is 0 Å². The molecule has 0 radical (unpaired) electrons. The Balaban J connectivity index is 2.24. The van der Waals surface area contributed by atoms with E-state index in [0.29, 0.717) is 6.04 Å². The number of aromatic nitrogens is 1. The zero-order valence-corrected chi connectivity index (χ0v) is 9.23. The van der Waals surface area contributed by atoms with Gasteiger partial charge in [0, 0.05) is 24.5 Å². The average molecular weight is 214 g/mol. The predicted molar refractivity (Wildman–Crippen MR) is 63.6 cm³/mol. The van der Waals surface area contributed by atoms with Crippen LogP contribution in [0.2, 0.25) is 0 Å². The predicted octanol–water partition coefficient (Wildman–Crippen LogP) is 2.34. The normalized spacial score (nSPS) is 19.7. The SMILES string of the molecule is CC(=O)n1cc(C2CCN2)c2ccccc21. The lowest BCUT2D eigenvalue weighted by Crippen LogP contribution is -2.34. The van der Waals surface area contributed by atoms with Crippen LogP contribution in [0.3, 0.4) is 0 Å². The molecular formula is C13H14N2O. The molecule has 82 valence electrons. The number of hydrogen-bond donors (Lipinski definition) is 1. The average Bonchev–Trinajstić information content (AvgIpc) is 2.56.